The predicted octanol–water partition coefficient (Wildman–Crippen LogP) is 0.144. The van der Waals surface area contributed by atoms with E-state index in [-0.39, 0.29) is 0 Å². The Balaban J connectivity index is 2.75. The lowest BCUT2D eigenvalue weighted by Gasteiger charge is -2.37. The molecule has 1 aliphatic rings. The molecule has 2 unspecified atom stereocenters. The van der Waals surface area contributed by atoms with Gasteiger partial charge in [-0.3, -0.25) is 5.32 Å². The Kier molecular flexibility index (Phi) is 2.20. The number of piperazine rings is 1. The molecule has 12 heavy (non-hydrogen) atoms. The second-order valence-electron chi connectivity index (χ2n) is 3.46. The Morgan fingerprint density at radius 3 is 1.83 bits per heavy atom. The van der Waals surface area contributed by atoms with Gasteiger partial charge in [0, 0.05) is 13.1 Å². The molecule has 0 aromatic carbocycles. The van der Waals surface area contributed by atoms with Gasteiger partial charge in [0.1, 0.15) is 0 Å². The molecule has 1 saturated heterocycles. The molecule has 1 rings (SSSR count). The van der Waals surface area contributed by atoms with Crippen molar-refractivity contribution in [3.8, 4) is 0 Å². The summed E-state index contributed by atoms with van der Waals surface area (Å²) in [5.41, 5.74) is -1.86. The van der Waals surface area contributed by atoms with Crippen molar-refractivity contribution in [1.82, 2.24) is 10.6 Å². The van der Waals surface area contributed by atoms with Crippen LogP contribution < -0.4 is 10.6 Å². The van der Waals surface area contributed by atoms with Gasteiger partial charge in [-0.15, -0.1) is 9.81 Å². The van der Waals surface area contributed by atoms with E-state index in [9.17, 15) is 9.81 Å². The zero-order valence-corrected chi connectivity index (χ0v) is 7.13. The highest BCUT2D eigenvalue weighted by atomic mass is 16.3. The molecule has 0 aromatic heterocycles. The molecule has 2 atom stereocenters. The van der Waals surface area contributed by atoms with Crippen LogP contribution in [0, 0.1) is 9.81 Å². The minimum Gasteiger partial charge on any atom is -0.309 e. The highest BCUT2D eigenvalue weighted by Crippen LogP contribution is 2.17. The van der Waals surface area contributed by atoms with Gasteiger partial charge >= 0.3 is 0 Å². The molecular weight excluding hydrogens is 160 g/mol. The maximum Gasteiger partial charge on any atom is 0.164 e. The van der Waals surface area contributed by atoms with Gasteiger partial charge in [-0.2, -0.15) is 0 Å². The second-order valence-corrected chi connectivity index (χ2v) is 3.46. The molecule has 68 valence electrons. The monoisotopic (exact) mass is 172 g/mol. The number of rotatable bonds is 2. The fraction of sp³-hybridized carbons (Fsp3) is 1.00. The van der Waals surface area contributed by atoms with Gasteiger partial charge in [-0.1, -0.05) is 0 Å². The number of nitrogens with one attached hydrogen (secondary N) is 2. The predicted molar refractivity (Wildman–Crippen MR) is 44.4 cm³/mol. The van der Waals surface area contributed by atoms with Crippen molar-refractivity contribution in [2.24, 2.45) is 10.4 Å². The Labute approximate surface area is 70.0 Å². The summed E-state index contributed by atoms with van der Waals surface area (Å²) in [7, 11) is 0. The summed E-state index contributed by atoms with van der Waals surface area (Å²) in [6, 6.07) is 0. The van der Waals surface area contributed by atoms with Crippen molar-refractivity contribution in [2.45, 2.75) is 25.2 Å². The lowest BCUT2D eigenvalue weighted by Crippen LogP contribution is -2.66. The molecule has 0 aromatic rings. The van der Waals surface area contributed by atoms with E-state index in [4.69, 9.17) is 0 Å². The summed E-state index contributed by atoms with van der Waals surface area (Å²) in [5.74, 6) is 0. The second kappa shape index (κ2) is 2.87. The largest absolute Gasteiger partial charge is 0.309 e. The van der Waals surface area contributed by atoms with Crippen LogP contribution in [-0.2, 0) is 0 Å². The molecule has 6 nitrogen and oxygen atoms in total. The van der Waals surface area contributed by atoms with Crippen molar-refractivity contribution in [1.29, 1.82) is 0 Å². The molecule has 1 fully saturated rings. The van der Waals surface area contributed by atoms with Gasteiger partial charge in [0.05, 0.1) is 0 Å². The van der Waals surface area contributed by atoms with Crippen LogP contribution in [0.2, 0.25) is 0 Å². The number of nitroso groups, excluding NO2 is 2. The minimum absolute atomic E-state index is 0.418. The van der Waals surface area contributed by atoms with E-state index in [2.05, 4.69) is 21.0 Å². The van der Waals surface area contributed by atoms with Crippen molar-refractivity contribution in [3.63, 3.8) is 0 Å². The van der Waals surface area contributed by atoms with Crippen LogP contribution in [0.25, 0.3) is 0 Å². The topological polar surface area (TPSA) is 82.9 Å². The molecule has 0 saturated carbocycles. The Morgan fingerprint density at radius 2 is 1.50 bits per heavy atom. The van der Waals surface area contributed by atoms with Gasteiger partial charge < -0.3 is 5.32 Å². The third kappa shape index (κ3) is 1.64. The van der Waals surface area contributed by atoms with Gasteiger partial charge in [0.15, 0.2) is 11.3 Å². The Morgan fingerprint density at radius 1 is 1.08 bits per heavy atom. The van der Waals surface area contributed by atoms with Gasteiger partial charge in [0.2, 0.25) is 0 Å². The highest BCUT2D eigenvalue weighted by molar-refractivity contribution is 4.97. The van der Waals surface area contributed by atoms with Crippen molar-refractivity contribution >= 4 is 0 Å². The summed E-state index contributed by atoms with van der Waals surface area (Å²) < 4.78 is 0. The van der Waals surface area contributed by atoms with E-state index in [1.165, 1.54) is 0 Å². The number of hydrogen-bond acceptors (Lipinski definition) is 6. The average Bonchev–Trinajstić information content (AvgIpc) is 2.05. The fourth-order valence-corrected chi connectivity index (χ4v) is 1.33. The van der Waals surface area contributed by atoms with E-state index < -0.39 is 11.3 Å². The van der Waals surface area contributed by atoms with Gasteiger partial charge in [-0.25, -0.2) is 0 Å². The molecule has 1 heterocycles. The first-order valence-corrected chi connectivity index (χ1v) is 3.73. The maximum absolute atomic E-state index is 10.4. The molecule has 6 heteroatoms. The molecule has 0 bridgehead atoms. The zero-order valence-electron chi connectivity index (χ0n) is 7.13. The summed E-state index contributed by atoms with van der Waals surface area (Å²) in [5, 5.41) is 11.5. The molecule has 0 spiro atoms. The molecule has 1 aliphatic heterocycles. The van der Waals surface area contributed by atoms with Gasteiger partial charge in [0.25, 0.3) is 0 Å². The summed E-state index contributed by atoms with van der Waals surface area (Å²) in [4.78, 5) is 20.8. The van der Waals surface area contributed by atoms with E-state index in [0.29, 0.717) is 13.1 Å². The van der Waals surface area contributed by atoms with Crippen LogP contribution in [0.5, 0.6) is 0 Å². The molecule has 0 aliphatic carbocycles. The van der Waals surface area contributed by atoms with Crippen LogP contribution in [0.3, 0.4) is 0 Å². The minimum atomic E-state index is -0.930. The third-order valence-corrected chi connectivity index (χ3v) is 1.88. The molecule has 0 radical (unpaired) electrons. The maximum atomic E-state index is 10.4. The smallest absolute Gasteiger partial charge is 0.164 e. The average molecular weight is 172 g/mol. The fourth-order valence-electron chi connectivity index (χ4n) is 1.33. The summed E-state index contributed by atoms with van der Waals surface area (Å²) in [6.07, 6.45) is 0. The van der Waals surface area contributed by atoms with Crippen LogP contribution >= 0.6 is 0 Å². The SMILES string of the molecule is CC1(N=O)CNCC(C)(N=O)N1. The van der Waals surface area contributed by atoms with Crippen LogP contribution in [0.4, 0.5) is 0 Å². The first-order valence-electron chi connectivity index (χ1n) is 3.73. The number of nitrogens with zero attached hydrogens (tertiary/aromatic N) is 2. The standard InChI is InChI=1S/C6H12N4O2/c1-5(9-11)3-7-4-6(2,8-5)10-12/h7-8H,3-4H2,1-2H3. The van der Waals surface area contributed by atoms with Crippen LogP contribution in [-0.4, -0.2) is 24.4 Å². The quantitative estimate of drug-likeness (QED) is 0.580. The van der Waals surface area contributed by atoms with Crippen molar-refractivity contribution < 1.29 is 0 Å². The zero-order chi connectivity index (χ0) is 9.24. The van der Waals surface area contributed by atoms with Gasteiger partial charge in [-0.05, 0) is 24.2 Å². The Hall–Kier alpha value is -0.880. The lowest BCUT2D eigenvalue weighted by molar-refractivity contribution is 0.182. The van der Waals surface area contributed by atoms with E-state index >= 15 is 0 Å². The highest BCUT2D eigenvalue weighted by Gasteiger charge is 2.40. The Bertz CT molecular complexity index is 190. The normalized spacial score (nSPS) is 42.2. The van der Waals surface area contributed by atoms with Crippen molar-refractivity contribution in [3.05, 3.63) is 9.81 Å². The molecule has 2 N–H and O–H groups in total. The van der Waals surface area contributed by atoms with Crippen molar-refractivity contribution in [2.75, 3.05) is 13.1 Å². The summed E-state index contributed by atoms with van der Waals surface area (Å²) in [6.45, 7) is 4.08. The molecular formula is C6H12N4O2. The first-order chi connectivity index (χ1) is 5.54. The molecule has 0 amide bonds. The van der Waals surface area contributed by atoms with E-state index in [1.807, 2.05) is 0 Å². The van der Waals surface area contributed by atoms with E-state index in [1.54, 1.807) is 13.8 Å². The first kappa shape index (κ1) is 9.21. The lowest BCUT2D eigenvalue weighted by atomic mass is 10.1. The third-order valence-electron chi connectivity index (χ3n) is 1.88. The van der Waals surface area contributed by atoms with E-state index in [0.717, 1.165) is 0 Å². The number of hydrogen-bond donors (Lipinski definition) is 2. The van der Waals surface area contributed by atoms with Crippen LogP contribution in [0.15, 0.2) is 10.4 Å². The van der Waals surface area contributed by atoms with Crippen LogP contribution in [0.1, 0.15) is 13.8 Å². The summed E-state index contributed by atoms with van der Waals surface area (Å²) >= 11 is 0.